The molecule has 3 rings (SSSR count). The van der Waals surface area contributed by atoms with E-state index in [1.165, 1.54) is 5.56 Å². The summed E-state index contributed by atoms with van der Waals surface area (Å²) in [7, 11) is 3.23. The molecule has 0 aliphatic rings. The van der Waals surface area contributed by atoms with E-state index >= 15 is 0 Å². The van der Waals surface area contributed by atoms with Crippen molar-refractivity contribution in [3.63, 3.8) is 0 Å². The summed E-state index contributed by atoms with van der Waals surface area (Å²) in [5.41, 5.74) is 8.37. The quantitative estimate of drug-likeness (QED) is 0.398. The van der Waals surface area contributed by atoms with E-state index in [0.29, 0.717) is 30.5 Å². The third-order valence-electron chi connectivity index (χ3n) is 4.82. The van der Waals surface area contributed by atoms with Crippen LogP contribution >= 0.6 is 0 Å². The number of hydrogen-bond donors (Lipinski definition) is 2. The highest BCUT2D eigenvalue weighted by Gasteiger charge is 2.06. The molecule has 0 unspecified atom stereocenters. The van der Waals surface area contributed by atoms with Gasteiger partial charge in [0.15, 0.2) is 17.5 Å². The summed E-state index contributed by atoms with van der Waals surface area (Å²) in [6.07, 6.45) is 5.91. The number of methoxy groups -OCH3 is 2. The molecular weight excluding hydrogens is 378 g/mol. The highest BCUT2D eigenvalue weighted by molar-refractivity contribution is 5.77. The number of benzene rings is 2. The van der Waals surface area contributed by atoms with Crippen LogP contribution in [0.5, 0.6) is 11.5 Å². The van der Waals surface area contributed by atoms with Crippen LogP contribution in [0.3, 0.4) is 0 Å². The van der Waals surface area contributed by atoms with E-state index in [9.17, 15) is 0 Å². The lowest BCUT2D eigenvalue weighted by Crippen LogP contribution is -2.32. The van der Waals surface area contributed by atoms with Crippen molar-refractivity contribution < 1.29 is 9.47 Å². The van der Waals surface area contributed by atoms with E-state index in [-0.39, 0.29) is 0 Å². The van der Waals surface area contributed by atoms with E-state index in [1.54, 1.807) is 14.2 Å². The molecule has 7 nitrogen and oxygen atoms in total. The molecule has 3 N–H and O–H groups in total. The minimum atomic E-state index is 0.378. The first-order chi connectivity index (χ1) is 14.7. The average molecular weight is 408 g/mol. The minimum absolute atomic E-state index is 0.378. The number of rotatable bonds is 10. The van der Waals surface area contributed by atoms with Gasteiger partial charge in [0.2, 0.25) is 0 Å². The third-order valence-corrected chi connectivity index (χ3v) is 4.82. The molecular formula is C23H29N5O2. The Bertz CT molecular complexity index is 953. The van der Waals surface area contributed by atoms with Crippen LogP contribution in [-0.4, -0.2) is 29.7 Å². The lowest BCUT2D eigenvalue weighted by atomic mass is 10.1. The minimum Gasteiger partial charge on any atom is -0.493 e. The SMILES string of the molecule is COc1ccc(CN=C(N)NCc2nccn2CCCc2ccccc2)cc1OC. The molecule has 0 amide bonds. The first kappa shape index (κ1) is 21.2. The fraction of sp³-hybridized carbons (Fsp3) is 0.304. The van der Waals surface area contributed by atoms with Crippen molar-refractivity contribution in [3.8, 4) is 11.5 Å². The molecule has 7 heteroatoms. The molecule has 0 fully saturated rings. The number of hydrogen-bond acceptors (Lipinski definition) is 4. The van der Waals surface area contributed by atoms with Crippen LogP contribution in [0.25, 0.3) is 0 Å². The molecule has 0 atom stereocenters. The maximum atomic E-state index is 6.04. The van der Waals surface area contributed by atoms with Crippen LogP contribution in [0.1, 0.15) is 23.4 Å². The van der Waals surface area contributed by atoms with Crippen LogP contribution in [0.2, 0.25) is 0 Å². The van der Waals surface area contributed by atoms with E-state index in [2.05, 4.69) is 44.1 Å². The predicted octanol–water partition coefficient (Wildman–Crippen LogP) is 3.14. The van der Waals surface area contributed by atoms with Gasteiger partial charge in [-0.05, 0) is 36.1 Å². The summed E-state index contributed by atoms with van der Waals surface area (Å²) in [5.74, 6) is 2.68. The highest BCUT2D eigenvalue weighted by atomic mass is 16.5. The van der Waals surface area contributed by atoms with Crippen LogP contribution in [0, 0.1) is 0 Å². The zero-order chi connectivity index (χ0) is 21.2. The number of nitrogens with two attached hydrogens (primary N) is 1. The van der Waals surface area contributed by atoms with Crippen molar-refractivity contribution >= 4 is 5.96 Å². The fourth-order valence-corrected chi connectivity index (χ4v) is 3.19. The Labute approximate surface area is 177 Å². The molecule has 158 valence electrons. The number of aromatic nitrogens is 2. The zero-order valence-electron chi connectivity index (χ0n) is 17.5. The van der Waals surface area contributed by atoms with Crippen molar-refractivity contribution in [3.05, 3.63) is 77.9 Å². The molecule has 1 heterocycles. The Kier molecular flexibility index (Phi) is 7.71. The van der Waals surface area contributed by atoms with Crippen molar-refractivity contribution in [1.29, 1.82) is 0 Å². The van der Waals surface area contributed by atoms with Gasteiger partial charge in [0.25, 0.3) is 0 Å². The third kappa shape index (κ3) is 6.01. The molecule has 3 aromatic rings. The maximum absolute atomic E-state index is 6.04. The van der Waals surface area contributed by atoms with Crippen molar-refractivity contribution in [1.82, 2.24) is 14.9 Å². The molecule has 0 saturated carbocycles. The maximum Gasteiger partial charge on any atom is 0.189 e. The van der Waals surface area contributed by atoms with Crippen molar-refractivity contribution in [2.45, 2.75) is 32.5 Å². The Balaban J connectivity index is 1.49. The Morgan fingerprint density at radius 3 is 2.63 bits per heavy atom. The molecule has 0 saturated heterocycles. The molecule has 0 aliphatic heterocycles. The van der Waals surface area contributed by atoms with Crippen LogP contribution in [-0.2, 0) is 26.1 Å². The van der Waals surface area contributed by atoms with Crippen LogP contribution in [0.15, 0.2) is 65.9 Å². The number of nitrogens with one attached hydrogen (secondary N) is 1. The number of imidazole rings is 1. The van der Waals surface area contributed by atoms with Gasteiger partial charge in [0.05, 0.1) is 27.3 Å². The normalized spacial score (nSPS) is 11.3. The Hall–Kier alpha value is -3.48. The largest absolute Gasteiger partial charge is 0.493 e. The summed E-state index contributed by atoms with van der Waals surface area (Å²) in [6, 6.07) is 16.2. The second kappa shape index (κ2) is 10.9. The number of ether oxygens (including phenoxy) is 2. The molecule has 0 radical (unpaired) electrons. The van der Waals surface area contributed by atoms with E-state index in [0.717, 1.165) is 30.8 Å². The van der Waals surface area contributed by atoms with Crippen LogP contribution < -0.4 is 20.5 Å². The number of guanidine groups is 1. The number of nitrogens with zero attached hydrogens (tertiary/aromatic N) is 3. The standard InChI is InChI=1S/C23H29N5O2/c1-29-20-11-10-19(15-21(20)30-2)16-26-23(24)27-17-22-25-12-14-28(22)13-6-9-18-7-4-3-5-8-18/h3-5,7-8,10-12,14-15H,6,9,13,16-17H2,1-2H3,(H3,24,26,27). The van der Waals surface area contributed by atoms with E-state index in [4.69, 9.17) is 15.2 Å². The van der Waals surface area contributed by atoms with Gasteiger partial charge in [-0.3, -0.25) is 0 Å². The topological polar surface area (TPSA) is 86.7 Å². The fourth-order valence-electron chi connectivity index (χ4n) is 3.19. The second-order valence-electron chi connectivity index (χ2n) is 6.87. The van der Waals surface area contributed by atoms with Gasteiger partial charge in [-0.1, -0.05) is 36.4 Å². The summed E-state index contributed by atoms with van der Waals surface area (Å²) in [5, 5.41) is 3.14. The first-order valence-corrected chi connectivity index (χ1v) is 9.98. The summed E-state index contributed by atoms with van der Waals surface area (Å²) >= 11 is 0. The van der Waals surface area contributed by atoms with Crippen LogP contribution in [0.4, 0.5) is 0 Å². The zero-order valence-corrected chi connectivity index (χ0v) is 17.5. The summed E-state index contributed by atoms with van der Waals surface area (Å²) in [4.78, 5) is 8.84. The second-order valence-corrected chi connectivity index (χ2v) is 6.87. The monoisotopic (exact) mass is 407 g/mol. The van der Waals surface area contributed by atoms with Crippen molar-refractivity contribution in [2.24, 2.45) is 10.7 Å². The molecule has 0 spiro atoms. The van der Waals surface area contributed by atoms with Gasteiger partial charge < -0.3 is 25.1 Å². The lowest BCUT2D eigenvalue weighted by Gasteiger charge is -2.10. The van der Waals surface area contributed by atoms with E-state index in [1.807, 2.05) is 36.7 Å². The van der Waals surface area contributed by atoms with Gasteiger partial charge in [0, 0.05) is 18.9 Å². The highest BCUT2D eigenvalue weighted by Crippen LogP contribution is 2.27. The van der Waals surface area contributed by atoms with Gasteiger partial charge in [0.1, 0.15) is 5.82 Å². The molecule has 0 bridgehead atoms. The number of aryl methyl sites for hydroxylation is 2. The number of aliphatic imine (C=N–C) groups is 1. The van der Waals surface area contributed by atoms with Gasteiger partial charge in [-0.2, -0.15) is 0 Å². The van der Waals surface area contributed by atoms with Gasteiger partial charge >= 0.3 is 0 Å². The van der Waals surface area contributed by atoms with Crippen molar-refractivity contribution in [2.75, 3.05) is 14.2 Å². The smallest absolute Gasteiger partial charge is 0.189 e. The Morgan fingerprint density at radius 2 is 1.87 bits per heavy atom. The van der Waals surface area contributed by atoms with Gasteiger partial charge in [-0.15, -0.1) is 0 Å². The molecule has 0 aliphatic carbocycles. The lowest BCUT2D eigenvalue weighted by molar-refractivity contribution is 0.354. The van der Waals surface area contributed by atoms with E-state index < -0.39 is 0 Å². The molecule has 30 heavy (non-hydrogen) atoms. The predicted molar refractivity (Wildman–Crippen MR) is 119 cm³/mol. The summed E-state index contributed by atoms with van der Waals surface area (Å²) < 4.78 is 12.7. The molecule has 1 aromatic heterocycles. The first-order valence-electron chi connectivity index (χ1n) is 9.98. The van der Waals surface area contributed by atoms with Gasteiger partial charge in [-0.25, -0.2) is 9.98 Å². The average Bonchev–Trinajstić information content (AvgIpc) is 3.24. The Morgan fingerprint density at radius 1 is 1.07 bits per heavy atom. The molecule has 2 aromatic carbocycles. The summed E-state index contributed by atoms with van der Waals surface area (Å²) in [6.45, 7) is 1.89.